The topological polar surface area (TPSA) is 36.4 Å². The van der Waals surface area contributed by atoms with Crippen LogP contribution in [0, 0.1) is 0 Å². The van der Waals surface area contributed by atoms with Crippen molar-refractivity contribution in [1.82, 2.24) is 4.98 Å². The van der Waals surface area contributed by atoms with Gasteiger partial charge in [0.1, 0.15) is 0 Å². The molecule has 0 aliphatic heterocycles. The minimum atomic E-state index is 0.107. The van der Waals surface area contributed by atoms with E-state index in [1.165, 1.54) is 19.3 Å². The summed E-state index contributed by atoms with van der Waals surface area (Å²) >= 11 is 1.58. The molecule has 3 nitrogen and oxygen atoms in total. The summed E-state index contributed by atoms with van der Waals surface area (Å²) in [6, 6.07) is 0.678. The zero-order chi connectivity index (χ0) is 9.26. The van der Waals surface area contributed by atoms with Crippen molar-refractivity contribution in [1.29, 1.82) is 0 Å². The molecule has 0 unspecified atom stereocenters. The Kier molecular flexibility index (Phi) is 2.51. The van der Waals surface area contributed by atoms with Gasteiger partial charge in [0.25, 0.3) is 0 Å². The van der Waals surface area contributed by atoms with Gasteiger partial charge < -0.3 is 10.0 Å². The molecule has 0 aromatic carbocycles. The van der Waals surface area contributed by atoms with Crippen molar-refractivity contribution < 1.29 is 5.11 Å². The molecule has 1 aromatic heterocycles. The molecular formula is C9H14N2OS. The Balaban J connectivity index is 2.05. The molecular weight excluding hydrogens is 184 g/mol. The highest BCUT2D eigenvalue weighted by Crippen LogP contribution is 2.30. The second kappa shape index (κ2) is 3.64. The molecule has 1 saturated carbocycles. The van der Waals surface area contributed by atoms with Gasteiger partial charge in [-0.25, -0.2) is 4.98 Å². The van der Waals surface area contributed by atoms with Gasteiger partial charge in [-0.3, -0.25) is 0 Å². The van der Waals surface area contributed by atoms with Crippen LogP contribution in [0.3, 0.4) is 0 Å². The summed E-state index contributed by atoms with van der Waals surface area (Å²) < 4.78 is 0. The molecule has 0 radical (unpaired) electrons. The maximum Gasteiger partial charge on any atom is 0.185 e. The number of rotatable bonds is 3. The first-order chi connectivity index (χ1) is 6.31. The van der Waals surface area contributed by atoms with Crippen LogP contribution < -0.4 is 4.90 Å². The summed E-state index contributed by atoms with van der Waals surface area (Å²) in [4.78, 5) is 7.45. The molecule has 1 aliphatic rings. The number of anilines is 1. The van der Waals surface area contributed by atoms with E-state index in [4.69, 9.17) is 5.11 Å². The lowest BCUT2D eigenvalue weighted by atomic mass is 9.92. The molecule has 0 atom stereocenters. The second-order valence-electron chi connectivity index (χ2n) is 3.46. The van der Waals surface area contributed by atoms with E-state index >= 15 is 0 Å². The Morgan fingerprint density at radius 3 is 2.92 bits per heavy atom. The molecule has 1 heterocycles. The van der Waals surface area contributed by atoms with E-state index in [0.29, 0.717) is 6.04 Å². The van der Waals surface area contributed by atoms with Gasteiger partial charge in [0.2, 0.25) is 0 Å². The van der Waals surface area contributed by atoms with Gasteiger partial charge in [0.05, 0.1) is 11.5 Å². The monoisotopic (exact) mass is 198 g/mol. The summed E-state index contributed by atoms with van der Waals surface area (Å²) in [5.41, 5.74) is 0. The lowest BCUT2D eigenvalue weighted by molar-refractivity contribution is 0.285. The molecule has 0 amide bonds. The molecule has 2 rings (SSSR count). The van der Waals surface area contributed by atoms with Crippen LogP contribution in [0.4, 0.5) is 5.13 Å². The minimum absolute atomic E-state index is 0.107. The molecule has 0 bridgehead atoms. The molecule has 1 fully saturated rings. The predicted octanol–water partition coefficient (Wildman–Crippen LogP) is 1.62. The van der Waals surface area contributed by atoms with Crippen LogP contribution >= 0.6 is 11.3 Å². The fraction of sp³-hybridized carbons (Fsp3) is 0.667. The molecule has 72 valence electrons. The summed E-state index contributed by atoms with van der Waals surface area (Å²) in [6.45, 7) is 0.107. The van der Waals surface area contributed by atoms with E-state index in [2.05, 4.69) is 16.9 Å². The van der Waals surface area contributed by atoms with Gasteiger partial charge in [-0.2, -0.15) is 0 Å². The van der Waals surface area contributed by atoms with E-state index in [0.717, 1.165) is 10.0 Å². The van der Waals surface area contributed by atoms with Gasteiger partial charge in [-0.15, -0.1) is 0 Å². The molecule has 13 heavy (non-hydrogen) atoms. The molecule has 0 spiro atoms. The van der Waals surface area contributed by atoms with Crippen molar-refractivity contribution >= 4 is 16.5 Å². The number of hydrogen-bond donors (Lipinski definition) is 1. The Morgan fingerprint density at radius 2 is 2.46 bits per heavy atom. The van der Waals surface area contributed by atoms with E-state index < -0.39 is 0 Å². The first-order valence-electron chi connectivity index (χ1n) is 4.59. The van der Waals surface area contributed by atoms with Gasteiger partial charge in [-0.1, -0.05) is 11.3 Å². The van der Waals surface area contributed by atoms with Crippen LogP contribution in [0.5, 0.6) is 0 Å². The third-order valence-corrected chi connectivity index (χ3v) is 3.69. The number of nitrogens with zero attached hydrogens (tertiary/aromatic N) is 2. The van der Waals surface area contributed by atoms with E-state index in [-0.39, 0.29) is 6.61 Å². The number of aliphatic hydroxyl groups is 1. The average Bonchev–Trinajstić information content (AvgIpc) is 2.48. The maximum absolute atomic E-state index is 8.89. The zero-order valence-electron chi connectivity index (χ0n) is 7.73. The Labute approximate surface area is 82.0 Å². The third-order valence-electron chi connectivity index (χ3n) is 2.62. The lowest BCUT2D eigenvalue weighted by Gasteiger charge is -2.34. The second-order valence-corrected chi connectivity index (χ2v) is 4.56. The summed E-state index contributed by atoms with van der Waals surface area (Å²) in [5, 5.41) is 9.93. The van der Waals surface area contributed by atoms with Crippen molar-refractivity contribution in [3.63, 3.8) is 0 Å². The van der Waals surface area contributed by atoms with Crippen LogP contribution in [-0.2, 0) is 6.61 Å². The smallest absolute Gasteiger partial charge is 0.185 e. The van der Waals surface area contributed by atoms with Gasteiger partial charge in [-0.05, 0) is 19.3 Å². The quantitative estimate of drug-likeness (QED) is 0.802. The van der Waals surface area contributed by atoms with Crippen molar-refractivity contribution in [3.05, 3.63) is 11.1 Å². The third kappa shape index (κ3) is 1.69. The zero-order valence-corrected chi connectivity index (χ0v) is 8.55. The van der Waals surface area contributed by atoms with E-state index in [1.807, 2.05) is 0 Å². The Morgan fingerprint density at radius 1 is 1.69 bits per heavy atom. The SMILES string of the molecule is CN(c1ncc(CO)s1)C1CCC1. The minimum Gasteiger partial charge on any atom is -0.391 e. The molecule has 4 heteroatoms. The standard InChI is InChI=1S/C9H14N2OS/c1-11(7-3-2-4-7)9-10-5-8(6-12)13-9/h5,7,12H,2-4,6H2,1H3. The van der Waals surface area contributed by atoms with Crippen LogP contribution in [-0.4, -0.2) is 23.2 Å². The normalized spacial score (nSPS) is 17.1. The summed E-state index contributed by atoms with van der Waals surface area (Å²) in [6.07, 6.45) is 5.66. The maximum atomic E-state index is 8.89. The number of aromatic nitrogens is 1. The Hall–Kier alpha value is -0.610. The van der Waals surface area contributed by atoms with Crippen LogP contribution in [0.15, 0.2) is 6.20 Å². The van der Waals surface area contributed by atoms with Gasteiger partial charge in [0.15, 0.2) is 5.13 Å². The highest BCUT2D eigenvalue weighted by Gasteiger charge is 2.23. The van der Waals surface area contributed by atoms with Crippen molar-refractivity contribution in [2.75, 3.05) is 11.9 Å². The molecule has 1 aliphatic carbocycles. The number of hydrogen-bond acceptors (Lipinski definition) is 4. The summed E-state index contributed by atoms with van der Waals surface area (Å²) in [7, 11) is 2.09. The molecule has 1 N–H and O–H groups in total. The van der Waals surface area contributed by atoms with E-state index in [1.54, 1.807) is 17.5 Å². The van der Waals surface area contributed by atoms with Gasteiger partial charge >= 0.3 is 0 Å². The average molecular weight is 198 g/mol. The fourth-order valence-corrected chi connectivity index (χ4v) is 2.27. The Bertz CT molecular complexity index is 283. The van der Waals surface area contributed by atoms with Crippen LogP contribution in [0.1, 0.15) is 24.1 Å². The predicted molar refractivity (Wildman–Crippen MR) is 54.1 cm³/mol. The molecule has 0 saturated heterocycles. The largest absolute Gasteiger partial charge is 0.391 e. The molecule has 1 aromatic rings. The highest BCUT2D eigenvalue weighted by molar-refractivity contribution is 7.15. The van der Waals surface area contributed by atoms with Gasteiger partial charge in [0, 0.05) is 19.3 Å². The number of thiazole rings is 1. The number of aliphatic hydroxyl groups excluding tert-OH is 1. The highest BCUT2D eigenvalue weighted by atomic mass is 32.1. The van der Waals surface area contributed by atoms with Crippen LogP contribution in [0.2, 0.25) is 0 Å². The first kappa shape index (κ1) is 8.97. The lowest BCUT2D eigenvalue weighted by Crippen LogP contribution is -2.36. The van der Waals surface area contributed by atoms with Crippen molar-refractivity contribution in [3.8, 4) is 0 Å². The van der Waals surface area contributed by atoms with Crippen molar-refractivity contribution in [2.45, 2.75) is 31.9 Å². The first-order valence-corrected chi connectivity index (χ1v) is 5.41. The van der Waals surface area contributed by atoms with E-state index in [9.17, 15) is 0 Å². The van der Waals surface area contributed by atoms with Crippen molar-refractivity contribution in [2.24, 2.45) is 0 Å². The fourth-order valence-electron chi connectivity index (χ4n) is 1.46. The van der Waals surface area contributed by atoms with Crippen LogP contribution in [0.25, 0.3) is 0 Å². The summed E-state index contributed by atoms with van der Waals surface area (Å²) in [5.74, 6) is 0.